The molecule has 2 amide bonds. The maximum Gasteiger partial charge on any atom is 0.271 e. The Morgan fingerprint density at radius 2 is 1.69 bits per heavy atom. The molecule has 0 radical (unpaired) electrons. The summed E-state index contributed by atoms with van der Waals surface area (Å²) in [7, 11) is -3.75. The summed E-state index contributed by atoms with van der Waals surface area (Å²) >= 11 is 0. The van der Waals surface area contributed by atoms with Crippen LogP contribution in [0, 0.1) is 17.0 Å². The molecule has 0 unspecified atom stereocenters. The normalized spacial score (nSPS) is 14.6. The first-order chi connectivity index (χ1) is 15.0. The second-order valence-electron chi connectivity index (χ2n) is 8.04. The molecule has 0 aliphatic heterocycles. The van der Waals surface area contributed by atoms with Crippen LogP contribution in [0.1, 0.15) is 58.4 Å². The summed E-state index contributed by atoms with van der Waals surface area (Å²) in [5.41, 5.74) is 0.864. The van der Waals surface area contributed by atoms with Gasteiger partial charge in [0.1, 0.15) is 0 Å². The first-order valence-corrected chi connectivity index (χ1v) is 12.2. The van der Waals surface area contributed by atoms with Crippen LogP contribution in [0.3, 0.4) is 0 Å². The third-order valence-corrected chi connectivity index (χ3v) is 6.56. The first-order valence-electron chi connectivity index (χ1n) is 10.3. The molecule has 2 aromatic rings. The minimum Gasteiger partial charge on any atom is -0.349 e. The summed E-state index contributed by atoms with van der Waals surface area (Å²) in [4.78, 5) is 35.3. The smallest absolute Gasteiger partial charge is 0.271 e. The monoisotopic (exact) mass is 459 g/mol. The Hall–Kier alpha value is -3.27. The fourth-order valence-corrected chi connectivity index (χ4v) is 4.37. The van der Waals surface area contributed by atoms with Crippen molar-refractivity contribution in [2.75, 3.05) is 11.6 Å². The number of nitrogens with zero attached hydrogens (tertiary/aromatic N) is 1. The quantitative estimate of drug-likeness (QED) is 0.500. The molecule has 9 nitrogen and oxygen atoms in total. The molecule has 10 heteroatoms. The van der Waals surface area contributed by atoms with Gasteiger partial charge in [-0.05, 0) is 49.6 Å². The van der Waals surface area contributed by atoms with Crippen LogP contribution in [0.4, 0.5) is 11.4 Å². The van der Waals surface area contributed by atoms with Crippen molar-refractivity contribution in [3.05, 3.63) is 63.2 Å². The van der Waals surface area contributed by atoms with Crippen LogP contribution in [-0.4, -0.2) is 37.5 Å². The number of amides is 2. The highest BCUT2D eigenvalue weighted by atomic mass is 32.2. The maximum absolute atomic E-state index is 12.7. The number of nitrogens with one attached hydrogen (secondary N) is 2. The van der Waals surface area contributed by atoms with E-state index in [9.17, 15) is 28.1 Å². The summed E-state index contributed by atoms with van der Waals surface area (Å²) in [6.45, 7) is 1.72. The van der Waals surface area contributed by atoms with Gasteiger partial charge in [-0.15, -0.1) is 0 Å². The van der Waals surface area contributed by atoms with E-state index in [0.29, 0.717) is 16.8 Å². The fraction of sp³-hybridized carbons (Fsp3) is 0.364. The second-order valence-corrected chi connectivity index (χ2v) is 10.1. The van der Waals surface area contributed by atoms with Gasteiger partial charge >= 0.3 is 0 Å². The molecule has 0 spiro atoms. The number of nitro groups is 1. The Balaban J connectivity index is 1.78. The maximum atomic E-state index is 12.7. The predicted molar refractivity (Wildman–Crippen MR) is 120 cm³/mol. The molecule has 1 fully saturated rings. The van der Waals surface area contributed by atoms with E-state index in [1.165, 1.54) is 6.42 Å². The Labute approximate surface area is 186 Å². The molecule has 0 saturated heterocycles. The number of carbonyl (C=O) groups excluding carboxylic acids is 2. The van der Waals surface area contributed by atoms with Gasteiger partial charge in [0.2, 0.25) is 0 Å². The average Bonchev–Trinajstić information content (AvgIpc) is 2.74. The molecule has 170 valence electrons. The van der Waals surface area contributed by atoms with Crippen molar-refractivity contribution in [1.29, 1.82) is 0 Å². The number of carbonyl (C=O) groups is 2. The molecule has 1 saturated carbocycles. The lowest BCUT2D eigenvalue weighted by atomic mass is 9.95. The lowest BCUT2D eigenvalue weighted by Gasteiger charge is -2.23. The number of aryl methyl sites for hydroxylation is 1. The minimum absolute atomic E-state index is 0.154. The Kier molecular flexibility index (Phi) is 6.93. The van der Waals surface area contributed by atoms with Gasteiger partial charge in [-0.1, -0.05) is 19.3 Å². The van der Waals surface area contributed by atoms with Crippen molar-refractivity contribution < 1.29 is 22.9 Å². The molecule has 2 aromatic carbocycles. The minimum atomic E-state index is -3.75. The standard InChI is InChI=1S/C22H25N3O6S/c1-14-10-15(21(26)23-17-6-4-3-5-7-17)8-9-20(14)24-22(27)16-11-18(25(28)29)13-19(12-16)32(2,30)31/h8-13,17H,3-7H2,1-2H3,(H,23,26)(H,24,27). The lowest BCUT2D eigenvalue weighted by molar-refractivity contribution is -0.385. The average molecular weight is 460 g/mol. The zero-order valence-electron chi connectivity index (χ0n) is 17.9. The van der Waals surface area contributed by atoms with E-state index in [0.717, 1.165) is 50.1 Å². The SMILES string of the molecule is Cc1cc(C(=O)NC2CCCCC2)ccc1NC(=O)c1cc([N+](=O)[O-])cc(S(C)(=O)=O)c1. The highest BCUT2D eigenvalue weighted by Gasteiger charge is 2.20. The predicted octanol–water partition coefficient (Wildman–Crippen LogP) is 3.62. The van der Waals surface area contributed by atoms with Crippen molar-refractivity contribution >= 4 is 33.0 Å². The van der Waals surface area contributed by atoms with Crippen LogP contribution in [0.15, 0.2) is 41.3 Å². The molecule has 0 heterocycles. The molecule has 0 bridgehead atoms. The molecule has 0 aromatic heterocycles. The number of rotatable bonds is 6. The van der Waals surface area contributed by atoms with Gasteiger partial charge < -0.3 is 10.6 Å². The molecule has 1 aliphatic rings. The van der Waals surface area contributed by atoms with Crippen LogP contribution in [-0.2, 0) is 9.84 Å². The zero-order chi connectivity index (χ0) is 23.5. The van der Waals surface area contributed by atoms with E-state index in [2.05, 4.69) is 10.6 Å². The van der Waals surface area contributed by atoms with Gasteiger partial charge in [0, 0.05) is 41.2 Å². The van der Waals surface area contributed by atoms with Crippen LogP contribution in [0.5, 0.6) is 0 Å². The molecule has 1 aliphatic carbocycles. The zero-order valence-corrected chi connectivity index (χ0v) is 18.7. The van der Waals surface area contributed by atoms with Crippen molar-refractivity contribution in [2.24, 2.45) is 0 Å². The van der Waals surface area contributed by atoms with E-state index in [-0.39, 0.29) is 22.4 Å². The van der Waals surface area contributed by atoms with Gasteiger partial charge in [-0.2, -0.15) is 0 Å². The Morgan fingerprint density at radius 3 is 2.28 bits per heavy atom. The van der Waals surface area contributed by atoms with Crippen LogP contribution < -0.4 is 10.6 Å². The number of anilines is 1. The van der Waals surface area contributed by atoms with E-state index in [4.69, 9.17) is 0 Å². The van der Waals surface area contributed by atoms with Crippen LogP contribution >= 0.6 is 0 Å². The topological polar surface area (TPSA) is 135 Å². The first kappa shape index (κ1) is 23.4. The fourth-order valence-electron chi connectivity index (χ4n) is 3.69. The Morgan fingerprint density at radius 1 is 1.00 bits per heavy atom. The molecular formula is C22H25N3O6S. The van der Waals surface area contributed by atoms with Gasteiger partial charge in [0.05, 0.1) is 9.82 Å². The van der Waals surface area contributed by atoms with Crippen molar-refractivity contribution in [1.82, 2.24) is 5.32 Å². The highest BCUT2D eigenvalue weighted by Crippen LogP contribution is 2.24. The van der Waals surface area contributed by atoms with Crippen LogP contribution in [0.25, 0.3) is 0 Å². The van der Waals surface area contributed by atoms with Crippen LogP contribution in [0.2, 0.25) is 0 Å². The number of benzene rings is 2. The van der Waals surface area contributed by atoms with E-state index >= 15 is 0 Å². The summed E-state index contributed by atoms with van der Waals surface area (Å²) < 4.78 is 23.7. The van der Waals surface area contributed by atoms with Gasteiger partial charge in [-0.3, -0.25) is 19.7 Å². The van der Waals surface area contributed by atoms with E-state index in [1.807, 2.05) is 0 Å². The third-order valence-electron chi connectivity index (χ3n) is 5.47. The molecular weight excluding hydrogens is 434 g/mol. The Bertz CT molecular complexity index is 1170. The highest BCUT2D eigenvalue weighted by molar-refractivity contribution is 7.90. The second kappa shape index (κ2) is 9.47. The summed E-state index contributed by atoms with van der Waals surface area (Å²) in [6, 6.07) is 8.03. The van der Waals surface area contributed by atoms with Crippen molar-refractivity contribution in [2.45, 2.75) is 50.0 Å². The largest absolute Gasteiger partial charge is 0.349 e. The number of hydrogen-bond acceptors (Lipinski definition) is 6. The summed E-state index contributed by atoms with van der Waals surface area (Å²) in [6.07, 6.45) is 6.25. The number of non-ortho nitro benzene ring substituents is 1. The van der Waals surface area contributed by atoms with E-state index < -0.39 is 26.4 Å². The van der Waals surface area contributed by atoms with Gasteiger partial charge in [0.25, 0.3) is 17.5 Å². The van der Waals surface area contributed by atoms with Gasteiger partial charge in [0.15, 0.2) is 9.84 Å². The third kappa shape index (κ3) is 5.70. The number of hydrogen-bond donors (Lipinski definition) is 2. The summed E-state index contributed by atoms with van der Waals surface area (Å²) in [5, 5.41) is 16.8. The summed E-state index contributed by atoms with van der Waals surface area (Å²) in [5.74, 6) is -0.865. The molecule has 3 rings (SSSR count). The molecule has 32 heavy (non-hydrogen) atoms. The number of nitro benzene ring substituents is 1. The van der Waals surface area contributed by atoms with Crippen molar-refractivity contribution in [3.8, 4) is 0 Å². The lowest BCUT2D eigenvalue weighted by Crippen LogP contribution is -2.36. The number of sulfone groups is 1. The van der Waals surface area contributed by atoms with Crippen molar-refractivity contribution in [3.63, 3.8) is 0 Å². The molecule has 2 N–H and O–H groups in total. The van der Waals surface area contributed by atoms with Gasteiger partial charge in [-0.25, -0.2) is 8.42 Å². The van der Waals surface area contributed by atoms with E-state index in [1.54, 1.807) is 25.1 Å². The molecule has 0 atom stereocenters.